The van der Waals surface area contributed by atoms with Crippen LogP contribution in [0.4, 0.5) is 4.79 Å². The van der Waals surface area contributed by atoms with E-state index in [1.54, 1.807) is 24.3 Å². The smallest absolute Gasteiger partial charge is 0.367 e. The van der Waals surface area contributed by atoms with Crippen molar-refractivity contribution in [3.8, 4) is 0 Å². The van der Waals surface area contributed by atoms with E-state index >= 15 is 0 Å². The number of hydrogen-bond acceptors (Lipinski definition) is 4. The predicted octanol–water partition coefficient (Wildman–Crippen LogP) is -0.207. The summed E-state index contributed by atoms with van der Waals surface area (Å²) in [4.78, 5) is 23.4. The molecule has 0 bridgehead atoms. The van der Waals surface area contributed by atoms with Gasteiger partial charge in [-0.3, -0.25) is 4.48 Å². The summed E-state index contributed by atoms with van der Waals surface area (Å²) in [5, 5.41) is 24.2. The van der Waals surface area contributed by atoms with E-state index in [1.807, 2.05) is 6.07 Å². The van der Waals surface area contributed by atoms with Crippen LogP contribution in [-0.2, 0) is 11.3 Å². The molecule has 6 nitrogen and oxygen atoms in total. The van der Waals surface area contributed by atoms with E-state index in [1.165, 1.54) is 6.92 Å². The molecule has 6 heteroatoms. The second kappa shape index (κ2) is 5.22. The molecule has 2 N–H and O–H groups in total. The van der Waals surface area contributed by atoms with Crippen molar-refractivity contribution < 1.29 is 24.3 Å². The first-order chi connectivity index (χ1) is 9.42. The zero-order chi connectivity index (χ0) is 14.8. The van der Waals surface area contributed by atoms with Crippen molar-refractivity contribution in [3.63, 3.8) is 0 Å². The Morgan fingerprint density at radius 3 is 2.60 bits per heavy atom. The number of carbonyl (C=O) groups is 2. The van der Waals surface area contributed by atoms with Gasteiger partial charge in [0.25, 0.3) is 6.09 Å². The first-order valence-corrected chi connectivity index (χ1v) is 6.49. The number of nitrogens with one attached hydrogen (secondary N) is 1. The lowest BCUT2D eigenvalue weighted by Crippen LogP contribution is -2.78. The zero-order valence-electron chi connectivity index (χ0n) is 11.3. The molecule has 0 radical (unpaired) electrons. The van der Waals surface area contributed by atoms with Gasteiger partial charge >= 0.3 is 5.97 Å². The number of benzene rings is 1. The third-order valence-corrected chi connectivity index (χ3v) is 4.19. The molecule has 2 atom stereocenters. The lowest BCUT2D eigenvalue weighted by molar-refractivity contribution is -0.928. The molecule has 1 saturated heterocycles. The van der Waals surface area contributed by atoms with Crippen molar-refractivity contribution in [2.45, 2.75) is 19.0 Å². The molecule has 2 unspecified atom stereocenters. The van der Waals surface area contributed by atoms with Gasteiger partial charge in [0, 0.05) is 19.0 Å². The molecule has 1 heterocycles. The lowest BCUT2D eigenvalue weighted by Gasteiger charge is -2.51. The average molecular weight is 278 g/mol. The first kappa shape index (κ1) is 14.5. The molecule has 1 aromatic carbocycles. The fourth-order valence-corrected chi connectivity index (χ4v) is 2.76. The molecule has 108 valence electrons. The van der Waals surface area contributed by atoms with Gasteiger partial charge in [-0.25, -0.2) is 4.79 Å². The predicted molar refractivity (Wildman–Crippen MR) is 69.6 cm³/mol. The van der Waals surface area contributed by atoms with Crippen LogP contribution >= 0.6 is 0 Å². The van der Waals surface area contributed by atoms with E-state index in [4.69, 9.17) is 0 Å². The van der Waals surface area contributed by atoms with Gasteiger partial charge in [0.05, 0.1) is 13.1 Å². The summed E-state index contributed by atoms with van der Waals surface area (Å²) in [6.45, 7) is 2.29. The molecule has 20 heavy (non-hydrogen) atoms. The third kappa shape index (κ3) is 2.17. The molecule has 1 fully saturated rings. The van der Waals surface area contributed by atoms with Crippen molar-refractivity contribution in [1.82, 2.24) is 5.32 Å². The van der Waals surface area contributed by atoms with E-state index in [-0.39, 0.29) is 19.6 Å². The maximum atomic E-state index is 11.8. The molecule has 0 aromatic heterocycles. The second-order valence-electron chi connectivity index (χ2n) is 5.36. The minimum absolute atomic E-state index is 0.100. The Balaban J connectivity index is 2.46. The Morgan fingerprint density at radius 2 is 2.05 bits per heavy atom. The summed E-state index contributed by atoms with van der Waals surface area (Å²) in [5.41, 5.74) is -0.668. The fraction of sp³-hybridized carbons (Fsp3) is 0.429. The van der Waals surface area contributed by atoms with Crippen LogP contribution in [-0.4, -0.2) is 46.8 Å². The van der Waals surface area contributed by atoms with Crippen LogP contribution < -0.4 is 10.4 Å². The SMILES string of the molecule is CC1(C(=O)O)CNCC[N+]1(Cc1ccccc1)C(=O)[O-]. The number of amides is 1. The molecular formula is C14H18N2O4. The number of carboxylic acid groups (broad SMARTS) is 2. The Hall–Kier alpha value is -1.92. The highest BCUT2D eigenvalue weighted by molar-refractivity contribution is 5.79. The van der Waals surface area contributed by atoms with E-state index in [9.17, 15) is 19.8 Å². The number of carboxylic acids is 1. The summed E-state index contributed by atoms with van der Waals surface area (Å²) in [6, 6.07) is 9.05. The van der Waals surface area contributed by atoms with Crippen LogP contribution in [0, 0.1) is 0 Å². The van der Waals surface area contributed by atoms with Crippen LogP contribution in [0.2, 0.25) is 0 Å². The quantitative estimate of drug-likeness (QED) is 0.747. The first-order valence-electron chi connectivity index (χ1n) is 6.49. The summed E-state index contributed by atoms with van der Waals surface area (Å²) in [5.74, 6) is -1.13. The molecule has 0 saturated carbocycles. The van der Waals surface area contributed by atoms with Gasteiger partial charge < -0.3 is 20.3 Å². The van der Waals surface area contributed by atoms with Crippen LogP contribution in [0.15, 0.2) is 30.3 Å². The van der Waals surface area contributed by atoms with Crippen molar-refractivity contribution >= 4 is 12.1 Å². The highest BCUT2D eigenvalue weighted by Crippen LogP contribution is 2.30. The minimum atomic E-state index is -1.45. The Bertz CT molecular complexity index is 519. The van der Waals surface area contributed by atoms with Crippen LogP contribution in [0.5, 0.6) is 0 Å². The number of quaternary nitrogens is 1. The van der Waals surface area contributed by atoms with E-state index in [0.29, 0.717) is 6.54 Å². The largest absolute Gasteiger partial charge is 0.498 e. The number of rotatable bonds is 3. The molecule has 0 aliphatic carbocycles. The lowest BCUT2D eigenvalue weighted by atomic mass is 9.92. The van der Waals surface area contributed by atoms with Gasteiger partial charge in [-0.05, 0) is 0 Å². The van der Waals surface area contributed by atoms with Gasteiger partial charge in [0.1, 0.15) is 6.54 Å². The Morgan fingerprint density at radius 1 is 1.40 bits per heavy atom. The van der Waals surface area contributed by atoms with E-state index in [2.05, 4.69) is 5.32 Å². The number of nitrogens with zero attached hydrogens (tertiary/aromatic N) is 1. The number of hydrogen-bond donors (Lipinski definition) is 2. The third-order valence-electron chi connectivity index (χ3n) is 4.19. The van der Waals surface area contributed by atoms with Crippen molar-refractivity contribution in [1.29, 1.82) is 0 Å². The molecule has 2 rings (SSSR count). The summed E-state index contributed by atoms with van der Waals surface area (Å²) < 4.78 is -0.598. The topological polar surface area (TPSA) is 89.5 Å². The van der Waals surface area contributed by atoms with Crippen LogP contribution in [0.25, 0.3) is 0 Å². The number of carbonyl (C=O) groups excluding carboxylic acids is 1. The normalized spacial score (nSPS) is 29.9. The average Bonchev–Trinajstić information content (AvgIpc) is 2.42. The number of aliphatic carboxylic acids is 1. The molecule has 1 aliphatic rings. The van der Waals surface area contributed by atoms with Crippen LogP contribution in [0.3, 0.4) is 0 Å². The summed E-state index contributed by atoms with van der Waals surface area (Å²) in [7, 11) is 0. The van der Waals surface area contributed by atoms with Gasteiger partial charge in [-0.2, -0.15) is 0 Å². The highest BCUT2D eigenvalue weighted by Gasteiger charge is 2.56. The van der Waals surface area contributed by atoms with E-state index < -0.39 is 22.1 Å². The maximum Gasteiger partial charge on any atom is 0.367 e. The van der Waals surface area contributed by atoms with Crippen molar-refractivity contribution in [2.75, 3.05) is 19.6 Å². The van der Waals surface area contributed by atoms with Crippen LogP contribution in [0.1, 0.15) is 12.5 Å². The minimum Gasteiger partial charge on any atom is -0.498 e. The molecule has 0 spiro atoms. The van der Waals surface area contributed by atoms with E-state index in [0.717, 1.165) is 5.56 Å². The van der Waals surface area contributed by atoms with Crippen molar-refractivity contribution in [2.24, 2.45) is 0 Å². The van der Waals surface area contributed by atoms with Gasteiger partial charge in [0.15, 0.2) is 0 Å². The number of piperazine rings is 1. The van der Waals surface area contributed by atoms with Gasteiger partial charge in [0.2, 0.25) is 5.54 Å². The van der Waals surface area contributed by atoms with Gasteiger partial charge in [-0.1, -0.05) is 30.3 Å². The maximum absolute atomic E-state index is 11.8. The Labute approximate surface area is 117 Å². The standard InChI is InChI=1S/C14H18N2O4/c1-14(12(17)18)10-15-7-8-16(14,13(19)20)9-11-5-3-2-4-6-11/h2-6,15H,7-10H2,1H3,(H-,17,18,19,20). The summed E-state index contributed by atoms with van der Waals surface area (Å²) in [6.07, 6.45) is -1.35. The fourth-order valence-electron chi connectivity index (χ4n) is 2.76. The van der Waals surface area contributed by atoms with Gasteiger partial charge in [-0.15, -0.1) is 0 Å². The molecular weight excluding hydrogens is 260 g/mol. The van der Waals surface area contributed by atoms with Crippen molar-refractivity contribution in [3.05, 3.63) is 35.9 Å². The highest BCUT2D eigenvalue weighted by atomic mass is 16.4. The zero-order valence-corrected chi connectivity index (χ0v) is 11.3. The second-order valence-corrected chi connectivity index (χ2v) is 5.36. The molecule has 1 aliphatic heterocycles. The summed E-state index contributed by atoms with van der Waals surface area (Å²) >= 11 is 0. The molecule has 1 aromatic rings. The molecule has 1 amide bonds. The monoisotopic (exact) mass is 278 g/mol. The Kier molecular flexibility index (Phi) is 3.78.